The van der Waals surface area contributed by atoms with E-state index in [4.69, 9.17) is 4.74 Å². The summed E-state index contributed by atoms with van der Waals surface area (Å²) in [5.74, 6) is 0.360. The Labute approximate surface area is 134 Å². The Morgan fingerprint density at radius 1 is 1.17 bits per heavy atom. The predicted octanol–water partition coefficient (Wildman–Crippen LogP) is 2.36. The van der Waals surface area contributed by atoms with Crippen molar-refractivity contribution in [2.75, 3.05) is 30.9 Å². The fraction of sp³-hybridized carbons (Fsp3) is 0.333. The van der Waals surface area contributed by atoms with Gasteiger partial charge in [0, 0.05) is 20.2 Å². The molecule has 23 heavy (non-hydrogen) atoms. The summed E-state index contributed by atoms with van der Waals surface area (Å²) in [6.07, 6.45) is 1.29. The van der Waals surface area contributed by atoms with E-state index in [1.807, 2.05) is 31.2 Å². The fourth-order valence-electron chi connectivity index (χ4n) is 1.97. The molecule has 2 rings (SSSR count). The minimum absolute atomic E-state index is 0.171. The normalized spacial score (nSPS) is 10.3. The van der Waals surface area contributed by atoms with Crippen molar-refractivity contribution in [2.24, 2.45) is 0 Å². The monoisotopic (exact) mass is 317 g/mol. The van der Waals surface area contributed by atoms with Crippen LogP contribution in [0.1, 0.15) is 11.1 Å². The standard InChI is InChI=1S/C15H19N5O3/c1-11-3-5-12(6-4-11)9-17-15-13(20(21)22)14(18-10-19-15)16-7-8-23-2/h3-6,10H,7-9H2,1-2H3,(H2,16,17,18,19). The van der Waals surface area contributed by atoms with Crippen LogP contribution in [0, 0.1) is 17.0 Å². The van der Waals surface area contributed by atoms with E-state index in [1.54, 1.807) is 7.11 Å². The van der Waals surface area contributed by atoms with Crippen LogP contribution in [0.2, 0.25) is 0 Å². The van der Waals surface area contributed by atoms with Gasteiger partial charge in [0.25, 0.3) is 0 Å². The molecule has 0 aliphatic rings. The molecule has 8 heteroatoms. The van der Waals surface area contributed by atoms with Crippen LogP contribution in [0.3, 0.4) is 0 Å². The van der Waals surface area contributed by atoms with Gasteiger partial charge in [-0.3, -0.25) is 10.1 Å². The molecule has 0 atom stereocenters. The fourth-order valence-corrected chi connectivity index (χ4v) is 1.97. The van der Waals surface area contributed by atoms with Crippen LogP contribution in [0.4, 0.5) is 17.3 Å². The second kappa shape index (κ2) is 8.04. The maximum absolute atomic E-state index is 11.3. The van der Waals surface area contributed by atoms with Crippen LogP contribution in [0.5, 0.6) is 0 Å². The summed E-state index contributed by atoms with van der Waals surface area (Å²) in [4.78, 5) is 18.8. The Morgan fingerprint density at radius 3 is 2.43 bits per heavy atom. The van der Waals surface area contributed by atoms with Crippen LogP contribution < -0.4 is 10.6 Å². The molecule has 0 spiro atoms. The van der Waals surface area contributed by atoms with Crippen LogP contribution in [-0.4, -0.2) is 35.2 Å². The Kier molecular flexibility index (Phi) is 5.81. The molecule has 2 aromatic rings. The number of ether oxygens (including phenoxy) is 1. The minimum atomic E-state index is -0.493. The topological polar surface area (TPSA) is 102 Å². The lowest BCUT2D eigenvalue weighted by Crippen LogP contribution is -2.13. The Hall–Kier alpha value is -2.74. The number of anilines is 2. The van der Waals surface area contributed by atoms with Crippen molar-refractivity contribution in [1.29, 1.82) is 0 Å². The summed E-state index contributed by atoms with van der Waals surface area (Å²) in [6.45, 7) is 3.29. The van der Waals surface area contributed by atoms with Crippen molar-refractivity contribution in [3.05, 3.63) is 51.8 Å². The van der Waals surface area contributed by atoms with Gasteiger partial charge in [-0.25, -0.2) is 9.97 Å². The number of aromatic nitrogens is 2. The first-order chi connectivity index (χ1) is 11.1. The maximum atomic E-state index is 11.3. The van der Waals surface area contributed by atoms with Crippen LogP contribution in [-0.2, 0) is 11.3 Å². The number of hydrogen-bond donors (Lipinski definition) is 2. The van der Waals surface area contributed by atoms with E-state index in [0.29, 0.717) is 19.7 Å². The highest BCUT2D eigenvalue weighted by Gasteiger charge is 2.22. The molecule has 0 fully saturated rings. The lowest BCUT2D eigenvalue weighted by molar-refractivity contribution is -0.383. The first-order valence-electron chi connectivity index (χ1n) is 7.13. The highest BCUT2D eigenvalue weighted by Crippen LogP contribution is 2.28. The summed E-state index contributed by atoms with van der Waals surface area (Å²) in [5.41, 5.74) is 2.00. The molecule has 0 amide bonds. The number of benzene rings is 1. The summed E-state index contributed by atoms with van der Waals surface area (Å²) >= 11 is 0. The van der Waals surface area contributed by atoms with Gasteiger partial charge in [-0.15, -0.1) is 0 Å². The molecule has 1 aromatic heterocycles. The molecule has 2 N–H and O–H groups in total. The molecule has 0 radical (unpaired) electrons. The van der Waals surface area contributed by atoms with Gasteiger partial charge in [0.2, 0.25) is 11.6 Å². The van der Waals surface area contributed by atoms with Crippen LogP contribution >= 0.6 is 0 Å². The quantitative estimate of drug-likeness (QED) is 0.437. The third-order valence-corrected chi connectivity index (χ3v) is 3.18. The number of aryl methyl sites for hydroxylation is 1. The average molecular weight is 317 g/mol. The van der Waals surface area contributed by atoms with E-state index in [-0.39, 0.29) is 17.3 Å². The van der Waals surface area contributed by atoms with Crippen molar-refractivity contribution >= 4 is 17.3 Å². The van der Waals surface area contributed by atoms with Gasteiger partial charge in [-0.2, -0.15) is 0 Å². The SMILES string of the molecule is COCCNc1ncnc(NCc2ccc(C)cc2)c1[N+](=O)[O-]. The lowest BCUT2D eigenvalue weighted by atomic mass is 10.1. The molecule has 122 valence electrons. The molecule has 0 bridgehead atoms. The number of nitrogens with zero attached hydrogens (tertiary/aromatic N) is 3. The number of nitrogens with one attached hydrogen (secondary N) is 2. The molecule has 8 nitrogen and oxygen atoms in total. The third kappa shape index (κ3) is 4.62. The molecule has 0 aliphatic carbocycles. The second-order valence-electron chi connectivity index (χ2n) is 4.94. The second-order valence-corrected chi connectivity index (χ2v) is 4.94. The molecule has 1 aromatic carbocycles. The minimum Gasteiger partial charge on any atom is -0.383 e. The van der Waals surface area contributed by atoms with Gasteiger partial charge in [-0.1, -0.05) is 29.8 Å². The van der Waals surface area contributed by atoms with Crippen molar-refractivity contribution in [1.82, 2.24) is 9.97 Å². The molecule has 1 heterocycles. The van der Waals surface area contributed by atoms with Gasteiger partial charge in [0.1, 0.15) is 6.33 Å². The lowest BCUT2D eigenvalue weighted by Gasteiger charge is -2.10. The zero-order valence-corrected chi connectivity index (χ0v) is 13.1. The van der Waals surface area contributed by atoms with E-state index in [9.17, 15) is 10.1 Å². The van der Waals surface area contributed by atoms with Gasteiger partial charge in [0.05, 0.1) is 11.5 Å². The third-order valence-electron chi connectivity index (χ3n) is 3.18. The summed E-state index contributed by atoms with van der Waals surface area (Å²) in [5, 5.41) is 17.2. The van der Waals surface area contributed by atoms with E-state index in [2.05, 4.69) is 20.6 Å². The van der Waals surface area contributed by atoms with Gasteiger partial charge in [-0.05, 0) is 12.5 Å². The average Bonchev–Trinajstić information content (AvgIpc) is 2.54. The van der Waals surface area contributed by atoms with Crippen molar-refractivity contribution < 1.29 is 9.66 Å². The van der Waals surface area contributed by atoms with Crippen molar-refractivity contribution in [2.45, 2.75) is 13.5 Å². The molecular formula is C15H19N5O3. The highest BCUT2D eigenvalue weighted by molar-refractivity contribution is 5.69. The molecule has 0 saturated carbocycles. The summed E-state index contributed by atoms with van der Waals surface area (Å²) in [6, 6.07) is 7.91. The van der Waals surface area contributed by atoms with E-state index >= 15 is 0 Å². The smallest absolute Gasteiger partial charge is 0.353 e. The zero-order chi connectivity index (χ0) is 16.7. The van der Waals surface area contributed by atoms with Crippen LogP contribution in [0.15, 0.2) is 30.6 Å². The number of rotatable bonds is 8. The molecule has 0 saturated heterocycles. The summed E-state index contributed by atoms with van der Waals surface area (Å²) < 4.78 is 4.92. The van der Waals surface area contributed by atoms with Gasteiger partial charge in [0.15, 0.2) is 0 Å². The number of nitro groups is 1. The predicted molar refractivity (Wildman–Crippen MR) is 87.6 cm³/mol. The number of hydrogen-bond acceptors (Lipinski definition) is 7. The molecular weight excluding hydrogens is 298 g/mol. The Balaban J connectivity index is 2.15. The van der Waals surface area contributed by atoms with Gasteiger partial charge < -0.3 is 15.4 Å². The van der Waals surface area contributed by atoms with E-state index < -0.39 is 4.92 Å². The molecule has 0 unspecified atom stereocenters. The first-order valence-corrected chi connectivity index (χ1v) is 7.13. The van der Waals surface area contributed by atoms with Crippen LogP contribution in [0.25, 0.3) is 0 Å². The Bertz CT molecular complexity index is 661. The summed E-state index contributed by atoms with van der Waals surface area (Å²) in [7, 11) is 1.56. The number of methoxy groups -OCH3 is 1. The largest absolute Gasteiger partial charge is 0.383 e. The highest BCUT2D eigenvalue weighted by atomic mass is 16.6. The Morgan fingerprint density at radius 2 is 1.83 bits per heavy atom. The first kappa shape index (κ1) is 16.6. The van der Waals surface area contributed by atoms with E-state index in [0.717, 1.165) is 11.1 Å². The zero-order valence-electron chi connectivity index (χ0n) is 13.1. The molecule has 0 aliphatic heterocycles. The van der Waals surface area contributed by atoms with Gasteiger partial charge >= 0.3 is 5.69 Å². The van der Waals surface area contributed by atoms with E-state index in [1.165, 1.54) is 6.33 Å². The van der Waals surface area contributed by atoms with Crippen molar-refractivity contribution in [3.8, 4) is 0 Å². The van der Waals surface area contributed by atoms with Crippen molar-refractivity contribution in [3.63, 3.8) is 0 Å². The maximum Gasteiger partial charge on any atom is 0.353 e.